The van der Waals surface area contributed by atoms with Gasteiger partial charge in [0, 0.05) is 0 Å². The molecule has 0 unspecified atom stereocenters. The van der Waals surface area contributed by atoms with Crippen molar-refractivity contribution in [1.29, 1.82) is 0 Å². The van der Waals surface area contributed by atoms with Crippen LogP contribution in [0.5, 0.6) is 0 Å². The molecule has 0 radical (unpaired) electrons. The van der Waals surface area contributed by atoms with Gasteiger partial charge in [0.2, 0.25) is 0 Å². The number of hydrogen-bond acceptors (Lipinski definition) is 0. The molecule has 0 spiro atoms. The van der Waals surface area contributed by atoms with Crippen LogP contribution in [0.25, 0.3) is 0 Å². The summed E-state index contributed by atoms with van der Waals surface area (Å²) in [6.45, 7) is 9.47. The Hall–Kier alpha value is 0.430. The Morgan fingerprint density at radius 3 is 1.00 bits per heavy atom. The van der Waals surface area contributed by atoms with Crippen molar-refractivity contribution in [3.63, 3.8) is 0 Å². The van der Waals surface area contributed by atoms with E-state index >= 15 is 0 Å². The van der Waals surface area contributed by atoms with E-state index in [1.807, 2.05) is 0 Å². The average molecular weight is 387 g/mol. The van der Waals surface area contributed by atoms with Crippen molar-refractivity contribution in [3.8, 4) is 0 Å². The molecule has 160 valence electrons. The Kier molecular flexibility index (Phi) is 20.5. The number of hydrogen-bond donors (Lipinski definition) is 0. The van der Waals surface area contributed by atoms with Crippen LogP contribution in [-0.2, 0) is 0 Å². The average Bonchev–Trinajstić information content (AvgIpc) is 2.66. The fraction of sp³-hybridized carbons (Fsp3) is 1.00. The molecule has 0 aromatic heterocycles. The number of rotatable bonds is 21. The first kappa shape index (κ1) is 26.4. The van der Waals surface area contributed by atoms with Crippen molar-refractivity contribution >= 4 is 7.26 Å². The van der Waals surface area contributed by atoms with Gasteiger partial charge in [0.15, 0.2) is 0 Å². The van der Waals surface area contributed by atoms with Crippen molar-refractivity contribution in [3.05, 3.63) is 0 Å². The summed E-state index contributed by atoms with van der Waals surface area (Å²) in [4.78, 5) is 0. The Morgan fingerprint density at radius 2 is 0.577 bits per heavy atom. The molecule has 0 amide bonds. The zero-order chi connectivity index (χ0) is 19.3. The van der Waals surface area contributed by atoms with E-state index in [2.05, 4.69) is 27.7 Å². The summed E-state index contributed by atoms with van der Waals surface area (Å²) in [6.07, 6.45) is 31.7. The molecule has 0 aromatic rings. The van der Waals surface area contributed by atoms with Crippen LogP contribution >= 0.6 is 7.26 Å². The SMILES string of the molecule is CCCCCCCCCCCC[PH](CCCC)(CCCC)CCCCC. The molecule has 1 heteroatoms. The van der Waals surface area contributed by atoms with Crippen LogP contribution in [0.4, 0.5) is 0 Å². The molecule has 0 saturated heterocycles. The van der Waals surface area contributed by atoms with E-state index in [9.17, 15) is 0 Å². The van der Waals surface area contributed by atoms with Crippen molar-refractivity contribution in [1.82, 2.24) is 0 Å². The fourth-order valence-corrected chi connectivity index (χ4v) is 10.3. The van der Waals surface area contributed by atoms with Crippen LogP contribution in [0.1, 0.15) is 137 Å². The molecule has 26 heavy (non-hydrogen) atoms. The van der Waals surface area contributed by atoms with Gasteiger partial charge in [-0.3, -0.25) is 0 Å². The van der Waals surface area contributed by atoms with Gasteiger partial charge in [-0.15, -0.1) is 0 Å². The summed E-state index contributed by atoms with van der Waals surface area (Å²) in [5.74, 6) is 0. The number of unbranched alkanes of at least 4 members (excludes halogenated alkanes) is 13. The Labute approximate surface area is 169 Å². The zero-order valence-corrected chi connectivity index (χ0v) is 20.3. The quantitative estimate of drug-likeness (QED) is 0.136. The second-order valence-corrected chi connectivity index (χ2v) is 14.1. The fourth-order valence-electron chi connectivity index (χ4n) is 4.59. The molecule has 0 nitrogen and oxygen atoms in total. The minimum absolute atomic E-state index is 0.965. The van der Waals surface area contributed by atoms with Gasteiger partial charge in [0.25, 0.3) is 0 Å². The Morgan fingerprint density at radius 1 is 0.308 bits per heavy atom. The first-order chi connectivity index (χ1) is 12.7. The summed E-state index contributed by atoms with van der Waals surface area (Å²) >= 11 is 0. The maximum atomic E-state index is 2.39. The predicted octanol–water partition coefficient (Wildman–Crippen LogP) is 9.45. The molecule has 0 heterocycles. The second kappa shape index (κ2) is 20.2. The molecule has 0 atom stereocenters. The summed E-state index contributed by atoms with van der Waals surface area (Å²) < 4.78 is 0. The standard InChI is InChI=1S/C25H55P/c1-5-9-13-14-15-16-17-18-19-21-25-26(22-11-7-3,23-12-8-4)24-20-10-6-2/h26H,5-25H2,1-4H3. The van der Waals surface area contributed by atoms with Crippen molar-refractivity contribution in [2.24, 2.45) is 0 Å². The topological polar surface area (TPSA) is 0 Å². The maximum absolute atomic E-state index is 2.39. The third kappa shape index (κ3) is 15.5. The van der Waals surface area contributed by atoms with Crippen molar-refractivity contribution in [2.75, 3.05) is 24.6 Å². The molecule has 0 saturated carbocycles. The second-order valence-electron chi connectivity index (χ2n) is 9.10. The van der Waals surface area contributed by atoms with Gasteiger partial charge in [0.05, 0.1) is 0 Å². The molecule has 0 aliphatic heterocycles. The molecule has 0 rings (SSSR count). The van der Waals surface area contributed by atoms with E-state index in [1.54, 1.807) is 31.1 Å². The van der Waals surface area contributed by atoms with Crippen LogP contribution in [0, 0.1) is 0 Å². The Bertz CT molecular complexity index is 253. The van der Waals surface area contributed by atoms with Crippen LogP contribution in [0.2, 0.25) is 0 Å². The van der Waals surface area contributed by atoms with Gasteiger partial charge in [-0.2, -0.15) is 0 Å². The molecular weight excluding hydrogens is 331 g/mol. The Balaban J connectivity index is 4.09. The molecule has 0 N–H and O–H groups in total. The van der Waals surface area contributed by atoms with Gasteiger partial charge >= 0.3 is 169 Å². The van der Waals surface area contributed by atoms with E-state index in [1.165, 1.54) is 103 Å². The third-order valence-electron chi connectivity index (χ3n) is 6.49. The van der Waals surface area contributed by atoms with Crippen LogP contribution in [-0.4, -0.2) is 24.6 Å². The minimum atomic E-state index is -0.965. The van der Waals surface area contributed by atoms with E-state index in [0.717, 1.165) is 0 Å². The van der Waals surface area contributed by atoms with Gasteiger partial charge in [-0.1, -0.05) is 0 Å². The first-order valence-electron chi connectivity index (χ1n) is 12.7. The first-order valence-corrected chi connectivity index (χ1v) is 15.6. The normalized spacial score (nSPS) is 12.6. The van der Waals surface area contributed by atoms with Crippen molar-refractivity contribution in [2.45, 2.75) is 137 Å². The van der Waals surface area contributed by atoms with Crippen LogP contribution < -0.4 is 0 Å². The summed E-state index contributed by atoms with van der Waals surface area (Å²) in [6, 6.07) is 0. The zero-order valence-electron chi connectivity index (χ0n) is 19.3. The van der Waals surface area contributed by atoms with E-state index in [0.29, 0.717) is 0 Å². The van der Waals surface area contributed by atoms with Gasteiger partial charge in [-0.05, 0) is 0 Å². The molecule has 0 bridgehead atoms. The summed E-state index contributed by atoms with van der Waals surface area (Å²) in [7, 11) is -0.965. The van der Waals surface area contributed by atoms with Crippen LogP contribution in [0.3, 0.4) is 0 Å². The monoisotopic (exact) mass is 386 g/mol. The molecular formula is C25H55P. The van der Waals surface area contributed by atoms with Crippen LogP contribution in [0.15, 0.2) is 0 Å². The predicted molar refractivity (Wildman–Crippen MR) is 129 cm³/mol. The summed E-state index contributed by atoms with van der Waals surface area (Å²) in [5, 5.41) is 0. The van der Waals surface area contributed by atoms with Gasteiger partial charge in [0.1, 0.15) is 0 Å². The van der Waals surface area contributed by atoms with E-state index in [-0.39, 0.29) is 0 Å². The van der Waals surface area contributed by atoms with E-state index in [4.69, 9.17) is 0 Å². The molecule has 0 fully saturated rings. The van der Waals surface area contributed by atoms with Gasteiger partial charge < -0.3 is 0 Å². The van der Waals surface area contributed by atoms with Gasteiger partial charge in [-0.25, -0.2) is 0 Å². The summed E-state index contributed by atoms with van der Waals surface area (Å²) in [5.41, 5.74) is 0. The molecule has 0 aliphatic carbocycles. The van der Waals surface area contributed by atoms with E-state index < -0.39 is 7.26 Å². The third-order valence-corrected chi connectivity index (χ3v) is 12.1. The van der Waals surface area contributed by atoms with Crippen molar-refractivity contribution < 1.29 is 0 Å². The molecule has 0 aliphatic rings. The molecule has 0 aromatic carbocycles.